The summed E-state index contributed by atoms with van der Waals surface area (Å²) in [6.45, 7) is 10.9. The van der Waals surface area contributed by atoms with Crippen molar-refractivity contribution in [1.82, 2.24) is 20.7 Å². The van der Waals surface area contributed by atoms with Gasteiger partial charge in [-0.15, -0.1) is 0 Å². The minimum absolute atomic E-state index is 0.0317. The molecule has 0 rings (SSSR count). The summed E-state index contributed by atoms with van der Waals surface area (Å²) in [6, 6.07) is -0.791. The largest absolute Gasteiger partial charge is 0.478 e. The second-order valence-corrected chi connectivity index (χ2v) is 7.47. The number of carboxylic acid groups (broad SMARTS) is 1. The number of nitrogens with one attached hydrogen (secondary N) is 2. The van der Waals surface area contributed by atoms with Crippen molar-refractivity contribution < 1.29 is 19.5 Å². The molecule has 8 nitrogen and oxygen atoms in total. The van der Waals surface area contributed by atoms with Crippen LogP contribution in [-0.2, 0) is 9.59 Å². The monoisotopic (exact) mass is 356 g/mol. The maximum absolute atomic E-state index is 12.3. The number of likely N-dealkylation sites (N-methyl/N-ethyl adjacent to an activating group) is 1. The lowest BCUT2D eigenvalue weighted by Crippen LogP contribution is -2.54. The summed E-state index contributed by atoms with van der Waals surface area (Å²) in [5.41, 5.74) is 2.87. The van der Waals surface area contributed by atoms with E-state index in [9.17, 15) is 14.4 Å². The number of hydrogen-bond donors (Lipinski definition) is 3. The number of carboxylic acids is 1. The lowest BCUT2D eigenvalue weighted by atomic mass is 10.00. The quantitative estimate of drug-likeness (QED) is 0.473. The molecule has 0 aromatic heterocycles. The lowest BCUT2D eigenvalue weighted by Gasteiger charge is -2.31. The van der Waals surface area contributed by atoms with E-state index in [1.54, 1.807) is 20.2 Å². The molecule has 0 fully saturated rings. The van der Waals surface area contributed by atoms with E-state index in [1.807, 2.05) is 34.6 Å². The maximum Gasteiger partial charge on any atom is 0.331 e. The number of hydrazine groups is 1. The Balaban J connectivity index is 4.84. The van der Waals surface area contributed by atoms with E-state index in [0.717, 1.165) is 0 Å². The third kappa shape index (κ3) is 8.53. The van der Waals surface area contributed by atoms with Crippen molar-refractivity contribution in [3.05, 3.63) is 11.6 Å². The lowest BCUT2D eigenvalue weighted by molar-refractivity contribution is -0.133. The Morgan fingerprint density at radius 3 is 2.08 bits per heavy atom. The first-order valence-corrected chi connectivity index (χ1v) is 8.23. The van der Waals surface area contributed by atoms with Gasteiger partial charge in [-0.05, 0) is 33.6 Å². The first-order chi connectivity index (χ1) is 11.3. The zero-order chi connectivity index (χ0) is 19.9. The van der Waals surface area contributed by atoms with Crippen molar-refractivity contribution >= 4 is 17.9 Å². The number of amides is 3. The fourth-order valence-electron chi connectivity index (χ4n) is 2.19. The Morgan fingerprint density at radius 2 is 1.68 bits per heavy atom. The van der Waals surface area contributed by atoms with Crippen LogP contribution in [0.4, 0.5) is 4.79 Å². The summed E-state index contributed by atoms with van der Waals surface area (Å²) in [7, 11) is 3.17. The number of nitrogens with zero attached hydrogens (tertiary/aromatic N) is 2. The van der Waals surface area contributed by atoms with Gasteiger partial charge in [-0.1, -0.05) is 19.9 Å². The van der Waals surface area contributed by atoms with Gasteiger partial charge in [0.1, 0.15) is 0 Å². The fourth-order valence-corrected chi connectivity index (χ4v) is 2.19. The summed E-state index contributed by atoms with van der Waals surface area (Å²) < 4.78 is 0. The van der Waals surface area contributed by atoms with Gasteiger partial charge in [0, 0.05) is 25.2 Å². The summed E-state index contributed by atoms with van der Waals surface area (Å²) in [6.07, 6.45) is 1.56. The van der Waals surface area contributed by atoms with Gasteiger partial charge in [0.25, 0.3) is 0 Å². The number of rotatable bonds is 7. The summed E-state index contributed by atoms with van der Waals surface area (Å²) >= 11 is 0. The van der Waals surface area contributed by atoms with Crippen molar-refractivity contribution in [3.63, 3.8) is 0 Å². The molecule has 0 bridgehead atoms. The Labute approximate surface area is 150 Å². The van der Waals surface area contributed by atoms with Gasteiger partial charge in [0.2, 0.25) is 5.91 Å². The summed E-state index contributed by atoms with van der Waals surface area (Å²) in [5.74, 6) is -1.29. The van der Waals surface area contributed by atoms with Gasteiger partial charge in [0.05, 0.1) is 12.6 Å². The molecule has 0 saturated heterocycles. The summed E-state index contributed by atoms with van der Waals surface area (Å²) in [5, 5.41) is 12.9. The fraction of sp³-hybridized carbons (Fsp3) is 0.706. The second-order valence-electron chi connectivity index (χ2n) is 7.47. The molecular weight excluding hydrogens is 324 g/mol. The topological polar surface area (TPSA) is 102 Å². The van der Waals surface area contributed by atoms with E-state index < -0.39 is 12.0 Å². The Bertz CT molecular complexity index is 523. The van der Waals surface area contributed by atoms with Crippen LogP contribution in [0.2, 0.25) is 0 Å². The van der Waals surface area contributed by atoms with Gasteiger partial charge in [-0.25, -0.2) is 15.0 Å². The molecule has 1 atom stereocenters. The smallest absolute Gasteiger partial charge is 0.331 e. The van der Waals surface area contributed by atoms with E-state index in [2.05, 4.69) is 10.7 Å². The van der Waals surface area contributed by atoms with E-state index in [1.165, 1.54) is 16.8 Å². The Hall–Kier alpha value is -2.09. The molecule has 3 N–H and O–H groups in total. The van der Waals surface area contributed by atoms with Crippen molar-refractivity contribution in [1.29, 1.82) is 0 Å². The van der Waals surface area contributed by atoms with Crippen molar-refractivity contribution in [2.24, 2.45) is 5.92 Å². The van der Waals surface area contributed by atoms with Gasteiger partial charge < -0.3 is 15.3 Å². The van der Waals surface area contributed by atoms with E-state index >= 15 is 0 Å². The highest BCUT2D eigenvalue weighted by atomic mass is 16.4. The molecule has 0 radical (unpaired) electrons. The number of carbonyl (C=O) groups excluding carboxylic acids is 2. The molecule has 0 saturated carbocycles. The molecule has 0 spiro atoms. The molecule has 144 valence electrons. The van der Waals surface area contributed by atoms with E-state index in [-0.39, 0.29) is 35.5 Å². The molecule has 8 heteroatoms. The standard InChI is InChI=1S/C17H32N4O4/c1-11(2)13(9-12(3)15(23)24)20(7)14(22)10-18-16(25)21(8)19-17(4,5)6/h9,11,13,19H,10H2,1-8H3,(H,18,25)(H,23,24)/t13-/m1/s1. The predicted octanol–water partition coefficient (Wildman–Crippen LogP) is 1.44. The third-order valence-electron chi connectivity index (χ3n) is 3.48. The Kier molecular flexibility index (Phi) is 8.62. The average Bonchev–Trinajstić information content (AvgIpc) is 2.46. The highest BCUT2D eigenvalue weighted by Crippen LogP contribution is 2.13. The second kappa shape index (κ2) is 9.41. The van der Waals surface area contributed by atoms with Gasteiger partial charge in [0.15, 0.2) is 0 Å². The highest BCUT2D eigenvalue weighted by molar-refractivity contribution is 5.86. The zero-order valence-electron chi connectivity index (χ0n) is 16.5. The molecule has 0 aromatic rings. The van der Waals surface area contributed by atoms with Crippen LogP contribution < -0.4 is 10.7 Å². The zero-order valence-corrected chi connectivity index (χ0v) is 16.5. The van der Waals surface area contributed by atoms with Crippen LogP contribution in [0.25, 0.3) is 0 Å². The molecule has 25 heavy (non-hydrogen) atoms. The van der Waals surface area contributed by atoms with Crippen molar-refractivity contribution in [2.45, 2.75) is 53.1 Å². The molecule has 0 unspecified atom stereocenters. The number of aliphatic carboxylic acids is 1. The van der Waals surface area contributed by atoms with Crippen LogP contribution in [0.15, 0.2) is 11.6 Å². The van der Waals surface area contributed by atoms with E-state index in [4.69, 9.17) is 5.11 Å². The first kappa shape index (κ1) is 22.9. The molecule has 0 heterocycles. The molecule has 0 aliphatic carbocycles. The minimum atomic E-state index is -1.02. The molecule has 3 amide bonds. The van der Waals surface area contributed by atoms with Gasteiger partial charge >= 0.3 is 12.0 Å². The Morgan fingerprint density at radius 1 is 1.16 bits per heavy atom. The molecular formula is C17H32N4O4. The number of urea groups is 1. The maximum atomic E-state index is 12.3. The molecule has 0 aliphatic rings. The van der Waals surface area contributed by atoms with Gasteiger partial charge in [-0.2, -0.15) is 0 Å². The predicted molar refractivity (Wildman–Crippen MR) is 96.8 cm³/mol. The van der Waals surface area contributed by atoms with Crippen LogP contribution in [0.1, 0.15) is 41.5 Å². The normalized spacial score (nSPS) is 13.4. The SMILES string of the molecule is CC(=C[C@H](C(C)C)N(C)C(=O)CNC(=O)N(C)NC(C)(C)C)C(=O)O. The van der Waals surface area contributed by atoms with Crippen LogP contribution >= 0.6 is 0 Å². The highest BCUT2D eigenvalue weighted by Gasteiger charge is 2.23. The van der Waals surface area contributed by atoms with E-state index in [0.29, 0.717) is 0 Å². The van der Waals surface area contributed by atoms with Crippen molar-refractivity contribution in [3.8, 4) is 0 Å². The van der Waals surface area contributed by atoms with Crippen molar-refractivity contribution in [2.75, 3.05) is 20.6 Å². The van der Waals surface area contributed by atoms with Gasteiger partial charge in [-0.3, -0.25) is 9.80 Å². The average molecular weight is 356 g/mol. The molecule has 0 aromatic carbocycles. The number of carbonyl (C=O) groups is 3. The third-order valence-corrected chi connectivity index (χ3v) is 3.48. The number of hydrogen-bond acceptors (Lipinski definition) is 4. The first-order valence-electron chi connectivity index (χ1n) is 8.23. The van der Waals surface area contributed by atoms with Crippen LogP contribution in [0.5, 0.6) is 0 Å². The van der Waals surface area contributed by atoms with Crippen LogP contribution in [0, 0.1) is 5.92 Å². The minimum Gasteiger partial charge on any atom is -0.478 e. The molecule has 0 aliphatic heterocycles. The van der Waals surface area contributed by atoms with Crippen LogP contribution in [0.3, 0.4) is 0 Å². The van der Waals surface area contributed by atoms with Crippen LogP contribution in [-0.4, -0.2) is 65.1 Å². The summed E-state index contributed by atoms with van der Waals surface area (Å²) in [4.78, 5) is 36.8.